The third kappa shape index (κ3) is 2.35. The lowest BCUT2D eigenvalue weighted by atomic mass is 10.1. The molecule has 3 rings (SSSR count). The number of aromatic nitrogens is 1. The lowest BCUT2D eigenvalue weighted by Gasteiger charge is -2.09. The van der Waals surface area contributed by atoms with Gasteiger partial charge in [-0.2, -0.15) is 0 Å². The van der Waals surface area contributed by atoms with Gasteiger partial charge in [-0.15, -0.1) is 0 Å². The van der Waals surface area contributed by atoms with E-state index in [1.165, 1.54) is 12.3 Å². The minimum Gasteiger partial charge on any atom is -0.398 e. The van der Waals surface area contributed by atoms with Crippen molar-refractivity contribution in [2.75, 3.05) is 11.1 Å². The number of anilines is 2. The second kappa shape index (κ2) is 5.40. The molecule has 3 aromatic rings. The van der Waals surface area contributed by atoms with Crippen LogP contribution in [0.15, 0.2) is 48.7 Å². The van der Waals surface area contributed by atoms with Crippen molar-refractivity contribution in [1.29, 1.82) is 0 Å². The van der Waals surface area contributed by atoms with Gasteiger partial charge in [-0.05, 0) is 24.3 Å². The average Bonchev–Trinajstić information content (AvgIpc) is 2.51. The molecule has 0 saturated heterocycles. The van der Waals surface area contributed by atoms with E-state index in [9.17, 15) is 13.6 Å². The SMILES string of the molecule is Nc1cccc2c(C(=O)Nc3c(F)cccc3F)nccc12. The van der Waals surface area contributed by atoms with E-state index in [1.807, 2.05) is 0 Å². The molecule has 0 saturated carbocycles. The molecule has 0 aliphatic rings. The van der Waals surface area contributed by atoms with E-state index in [-0.39, 0.29) is 5.69 Å². The van der Waals surface area contributed by atoms with E-state index in [0.29, 0.717) is 16.5 Å². The zero-order valence-electron chi connectivity index (χ0n) is 11.3. The Balaban J connectivity index is 2.05. The molecule has 22 heavy (non-hydrogen) atoms. The first kappa shape index (κ1) is 13.9. The molecular formula is C16H11F2N3O. The zero-order chi connectivity index (χ0) is 15.7. The van der Waals surface area contributed by atoms with Gasteiger partial charge in [0, 0.05) is 22.7 Å². The van der Waals surface area contributed by atoms with Crippen LogP contribution >= 0.6 is 0 Å². The Morgan fingerprint density at radius 2 is 1.68 bits per heavy atom. The first-order chi connectivity index (χ1) is 10.6. The molecule has 6 heteroatoms. The molecule has 1 amide bonds. The van der Waals surface area contributed by atoms with Crippen LogP contribution < -0.4 is 11.1 Å². The average molecular weight is 299 g/mol. The molecule has 0 atom stereocenters. The predicted molar refractivity (Wildman–Crippen MR) is 80.5 cm³/mol. The summed E-state index contributed by atoms with van der Waals surface area (Å²) >= 11 is 0. The number of hydrogen-bond donors (Lipinski definition) is 2. The number of nitrogens with two attached hydrogens (primary N) is 1. The fraction of sp³-hybridized carbons (Fsp3) is 0. The summed E-state index contributed by atoms with van der Waals surface area (Å²) in [5.74, 6) is -2.42. The Morgan fingerprint density at radius 1 is 1.00 bits per heavy atom. The quantitative estimate of drug-likeness (QED) is 0.713. The highest BCUT2D eigenvalue weighted by Gasteiger charge is 2.16. The molecule has 1 aromatic heterocycles. The van der Waals surface area contributed by atoms with Gasteiger partial charge in [0.15, 0.2) is 0 Å². The van der Waals surface area contributed by atoms with Crippen LogP contribution in [-0.4, -0.2) is 10.9 Å². The molecule has 0 radical (unpaired) electrons. The maximum absolute atomic E-state index is 13.6. The minimum atomic E-state index is -0.854. The van der Waals surface area contributed by atoms with Gasteiger partial charge in [0.1, 0.15) is 23.0 Å². The number of para-hydroxylation sites is 1. The Morgan fingerprint density at radius 3 is 2.41 bits per heavy atom. The number of nitrogens with one attached hydrogen (secondary N) is 1. The van der Waals surface area contributed by atoms with Gasteiger partial charge in [0.25, 0.3) is 5.91 Å². The molecular weight excluding hydrogens is 288 g/mol. The van der Waals surface area contributed by atoms with E-state index in [1.54, 1.807) is 24.3 Å². The lowest BCUT2D eigenvalue weighted by molar-refractivity contribution is 0.102. The lowest BCUT2D eigenvalue weighted by Crippen LogP contribution is -2.16. The van der Waals surface area contributed by atoms with E-state index in [2.05, 4.69) is 10.3 Å². The first-order valence-corrected chi connectivity index (χ1v) is 6.46. The second-order valence-electron chi connectivity index (χ2n) is 4.65. The Kier molecular flexibility index (Phi) is 3.42. The topological polar surface area (TPSA) is 68.0 Å². The molecule has 2 aromatic carbocycles. The Bertz CT molecular complexity index is 860. The molecule has 1 heterocycles. The fourth-order valence-corrected chi connectivity index (χ4v) is 2.20. The van der Waals surface area contributed by atoms with Crippen LogP contribution in [0.4, 0.5) is 20.2 Å². The van der Waals surface area contributed by atoms with Crippen LogP contribution in [0.3, 0.4) is 0 Å². The number of nitrogen functional groups attached to an aromatic ring is 1. The molecule has 0 fully saturated rings. The number of fused-ring (bicyclic) bond motifs is 1. The highest BCUT2D eigenvalue weighted by molar-refractivity contribution is 6.13. The van der Waals surface area contributed by atoms with Crippen molar-refractivity contribution >= 4 is 28.1 Å². The van der Waals surface area contributed by atoms with Crippen LogP contribution in [0, 0.1) is 11.6 Å². The number of benzene rings is 2. The van der Waals surface area contributed by atoms with Crippen molar-refractivity contribution in [2.24, 2.45) is 0 Å². The monoisotopic (exact) mass is 299 g/mol. The van der Waals surface area contributed by atoms with Gasteiger partial charge in [-0.25, -0.2) is 8.78 Å². The number of nitrogens with zero attached hydrogens (tertiary/aromatic N) is 1. The van der Waals surface area contributed by atoms with Crippen molar-refractivity contribution in [1.82, 2.24) is 4.98 Å². The molecule has 0 unspecified atom stereocenters. The summed E-state index contributed by atoms with van der Waals surface area (Å²) in [5.41, 5.74) is 5.88. The summed E-state index contributed by atoms with van der Waals surface area (Å²) in [6.45, 7) is 0. The minimum absolute atomic E-state index is 0.0486. The fourth-order valence-electron chi connectivity index (χ4n) is 2.20. The van der Waals surface area contributed by atoms with Gasteiger partial charge in [-0.1, -0.05) is 18.2 Å². The van der Waals surface area contributed by atoms with Gasteiger partial charge < -0.3 is 11.1 Å². The molecule has 110 valence electrons. The van der Waals surface area contributed by atoms with Crippen molar-refractivity contribution in [3.8, 4) is 0 Å². The largest absolute Gasteiger partial charge is 0.398 e. The number of carbonyl (C=O) groups is 1. The van der Waals surface area contributed by atoms with Crippen molar-refractivity contribution < 1.29 is 13.6 Å². The number of halogens is 2. The molecule has 0 bridgehead atoms. The van der Waals surface area contributed by atoms with Gasteiger partial charge in [0.2, 0.25) is 0 Å². The smallest absolute Gasteiger partial charge is 0.275 e. The number of hydrogen-bond acceptors (Lipinski definition) is 3. The third-order valence-corrected chi connectivity index (χ3v) is 3.26. The van der Waals surface area contributed by atoms with Crippen LogP contribution in [-0.2, 0) is 0 Å². The predicted octanol–water partition coefficient (Wildman–Crippen LogP) is 3.35. The van der Waals surface area contributed by atoms with Gasteiger partial charge in [0.05, 0.1) is 0 Å². The second-order valence-corrected chi connectivity index (χ2v) is 4.65. The van der Waals surface area contributed by atoms with E-state index >= 15 is 0 Å². The summed E-state index contributed by atoms with van der Waals surface area (Å²) in [6.07, 6.45) is 1.42. The van der Waals surface area contributed by atoms with E-state index in [4.69, 9.17) is 5.73 Å². The van der Waals surface area contributed by atoms with Crippen molar-refractivity contribution in [2.45, 2.75) is 0 Å². The van der Waals surface area contributed by atoms with Gasteiger partial charge >= 0.3 is 0 Å². The highest BCUT2D eigenvalue weighted by atomic mass is 19.1. The highest BCUT2D eigenvalue weighted by Crippen LogP contribution is 2.24. The first-order valence-electron chi connectivity index (χ1n) is 6.46. The van der Waals surface area contributed by atoms with Crippen LogP contribution in [0.1, 0.15) is 10.5 Å². The Hall–Kier alpha value is -3.02. The summed E-state index contributed by atoms with van der Waals surface area (Å²) in [4.78, 5) is 16.3. The summed E-state index contributed by atoms with van der Waals surface area (Å²) in [7, 11) is 0. The molecule has 0 spiro atoms. The van der Waals surface area contributed by atoms with E-state index in [0.717, 1.165) is 12.1 Å². The molecule has 0 aliphatic carbocycles. The number of rotatable bonds is 2. The summed E-state index contributed by atoms with van der Waals surface area (Å²) in [5, 5.41) is 3.37. The molecule has 4 nitrogen and oxygen atoms in total. The number of pyridine rings is 1. The summed E-state index contributed by atoms with van der Waals surface area (Å²) in [6, 6.07) is 10.1. The van der Waals surface area contributed by atoms with Crippen LogP contribution in [0.5, 0.6) is 0 Å². The normalized spacial score (nSPS) is 10.6. The maximum Gasteiger partial charge on any atom is 0.275 e. The zero-order valence-corrected chi connectivity index (χ0v) is 11.3. The van der Waals surface area contributed by atoms with Crippen molar-refractivity contribution in [3.05, 3.63) is 66.0 Å². The molecule has 0 aliphatic heterocycles. The van der Waals surface area contributed by atoms with Crippen LogP contribution in [0.2, 0.25) is 0 Å². The van der Waals surface area contributed by atoms with Crippen molar-refractivity contribution in [3.63, 3.8) is 0 Å². The summed E-state index contributed by atoms with van der Waals surface area (Å²) < 4.78 is 27.2. The van der Waals surface area contributed by atoms with E-state index < -0.39 is 23.2 Å². The van der Waals surface area contributed by atoms with Gasteiger partial charge in [-0.3, -0.25) is 9.78 Å². The third-order valence-electron chi connectivity index (χ3n) is 3.26. The molecule has 3 N–H and O–H groups in total. The number of amides is 1. The number of carbonyl (C=O) groups excluding carboxylic acids is 1. The maximum atomic E-state index is 13.6. The Labute approximate surface area is 124 Å². The van der Waals surface area contributed by atoms with Crippen LogP contribution in [0.25, 0.3) is 10.8 Å². The standard InChI is InChI=1S/C16H11F2N3O/c17-11-4-2-5-12(18)15(11)21-16(22)14-10-3-1-6-13(19)9(10)7-8-20-14/h1-8H,19H2,(H,21,22).